The molecule has 30 heavy (non-hydrogen) atoms. The highest BCUT2D eigenvalue weighted by atomic mass is 35.5. The fraction of sp³-hybridized carbons (Fsp3) is 0.500. The first-order chi connectivity index (χ1) is 14.3. The standard InChI is InChI=1S/C18H19ClF3N5O2S/c19-11-1-4-14(13(9-11)18(20,21)22)23-15(28)10-30-17-25-24-16(27(17)12-2-3-12)26-5-7-29-8-6-26/h1,4,9,12H,2-3,5-8,10H2,(H,23,28). The molecule has 0 bridgehead atoms. The topological polar surface area (TPSA) is 72.3 Å². The fourth-order valence-electron chi connectivity index (χ4n) is 3.18. The van der Waals surface area contributed by atoms with Crippen molar-refractivity contribution in [3.05, 3.63) is 28.8 Å². The van der Waals surface area contributed by atoms with Crippen molar-refractivity contribution in [3.63, 3.8) is 0 Å². The Kier molecular flexibility index (Phi) is 6.12. The summed E-state index contributed by atoms with van der Waals surface area (Å²) >= 11 is 6.83. The van der Waals surface area contributed by atoms with Crippen LogP contribution in [-0.4, -0.2) is 52.7 Å². The van der Waals surface area contributed by atoms with Gasteiger partial charge in [0.2, 0.25) is 11.9 Å². The second-order valence-electron chi connectivity index (χ2n) is 7.01. The van der Waals surface area contributed by atoms with Crippen molar-refractivity contribution in [1.29, 1.82) is 0 Å². The average molecular weight is 462 g/mol. The van der Waals surface area contributed by atoms with E-state index in [0.29, 0.717) is 31.5 Å². The predicted octanol–water partition coefficient (Wildman–Crippen LogP) is 3.85. The van der Waals surface area contributed by atoms with Crippen LogP contribution in [0.3, 0.4) is 0 Å². The van der Waals surface area contributed by atoms with Gasteiger partial charge in [-0.3, -0.25) is 9.36 Å². The average Bonchev–Trinajstić information content (AvgIpc) is 3.46. The molecule has 1 N–H and O–H groups in total. The number of morpholine rings is 1. The molecule has 1 saturated carbocycles. The van der Waals surface area contributed by atoms with E-state index in [0.717, 1.165) is 42.7 Å². The van der Waals surface area contributed by atoms with Gasteiger partial charge in [0.1, 0.15) is 0 Å². The molecular weight excluding hydrogens is 443 g/mol. The van der Waals surface area contributed by atoms with E-state index in [4.69, 9.17) is 16.3 Å². The lowest BCUT2D eigenvalue weighted by Gasteiger charge is -2.27. The fourth-order valence-corrected chi connectivity index (χ4v) is 4.15. The number of hydrogen-bond donors (Lipinski definition) is 1. The van der Waals surface area contributed by atoms with Gasteiger partial charge in [-0.2, -0.15) is 13.2 Å². The van der Waals surface area contributed by atoms with E-state index in [9.17, 15) is 18.0 Å². The smallest absolute Gasteiger partial charge is 0.378 e. The summed E-state index contributed by atoms with van der Waals surface area (Å²) in [5.41, 5.74) is -1.31. The molecule has 0 atom stereocenters. The summed E-state index contributed by atoms with van der Waals surface area (Å²) < 4.78 is 47.0. The third kappa shape index (κ3) is 4.84. The van der Waals surface area contributed by atoms with Gasteiger partial charge in [-0.15, -0.1) is 10.2 Å². The quantitative estimate of drug-likeness (QED) is 0.659. The number of carbonyl (C=O) groups excluding carboxylic acids is 1. The summed E-state index contributed by atoms with van der Waals surface area (Å²) in [5.74, 6) is 0.0975. The van der Waals surface area contributed by atoms with Crippen LogP contribution >= 0.6 is 23.4 Å². The summed E-state index contributed by atoms with van der Waals surface area (Å²) in [5, 5.41) is 11.4. The van der Waals surface area contributed by atoms with E-state index < -0.39 is 17.6 Å². The van der Waals surface area contributed by atoms with Gasteiger partial charge in [0.15, 0.2) is 5.16 Å². The van der Waals surface area contributed by atoms with Crippen molar-refractivity contribution >= 4 is 40.9 Å². The van der Waals surface area contributed by atoms with Crippen molar-refractivity contribution in [2.45, 2.75) is 30.2 Å². The van der Waals surface area contributed by atoms with Gasteiger partial charge in [0.05, 0.1) is 30.2 Å². The number of ether oxygens (including phenoxy) is 1. The molecule has 1 aliphatic heterocycles. The van der Waals surface area contributed by atoms with Crippen LogP contribution in [0.5, 0.6) is 0 Å². The Hall–Kier alpha value is -1.98. The number of aromatic nitrogens is 3. The second-order valence-corrected chi connectivity index (χ2v) is 8.39. The Morgan fingerprint density at radius 3 is 2.67 bits per heavy atom. The first-order valence-electron chi connectivity index (χ1n) is 9.40. The largest absolute Gasteiger partial charge is 0.418 e. The zero-order chi connectivity index (χ0) is 21.3. The van der Waals surface area contributed by atoms with Crippen LogP contribution in [0.4, 0.5) is 24.8 Å². The predicted molar refractivity (Wildman–Crippen MR) is 107 cm³/mol. The summed E-state index contributed by atoms with van der Waals surface area (Å²) in [6, 6.07) is 3.54. The van der Waals surface area contributed by atoms with Crippen molar-refractivity contribution < 1.29 is 22.7 Å². The molecule has 2 aromatic rings. The van der Waals surface area contributed by atoms with Crippen molar-refractivity contribution in [2.75, 3.05) is 42.3 Å². The number of thioether (sulfide) groups is 1. The number of alkyl halides is 3. The lowest BCUT2D eigenvalue weighted by molar-refractivity contribution is -0.137. The van der Waals surface area contributed by atoms with Gasteiger partial charge in [0.25, 0.3) is 0 Å². The van der Waals surface area contributed by atoms with E-state index in [1.165, 1.54) is 6.07 Å². The van der Waals surface area contributed by atoms with Gasteiger partial charge in [-0.1, -0.05) is 23.4 Å². The van der Waals surface area contributed by atoms with Gasteiger partial charge in [-0.05, 0) is 31.0 Å². The number of carbonyl (C=O) groups is 1. The maximum Gasteiger partial charge on any atom is 0.418 e. The van der Waals surface area contributed by atoms with E-state index in [2.05, 4.69) is 20.4 Å². The van der Waals surface area contributed by atoms with Crippen LogP contribution in [0, 0.1) is 0 Å². The van der Waals surface area contributed by atoms with Crippen LogP contribution < -0.4 is 10.2 Å². The third-order valence-corrected chi connectivity index (χ3v) is 5.92. The molecule has 12 heteroatoms. The molecule has 0 spiro atoms. The molecule has 2 aliphatic rings. The van der Waals surface area contributed by atoms with Crippen molar-refractivity contribution in [3.8, 4) is 0 Å². The Morgan fingerprint density at radius 1 is 1.27 bits per heavy atom. The minimum Gasteiger partial charge on any atom is -0.378 e. The first-order valence-corrected chi connectivity index (χ1v) is 10.8. The van der Waals surface area contributed by atoms with E-state index >= 15 is 0 Å². The lowest BCUT2D eigenvalue weighted by atomic mass is 10.1. The number of anilines is 2. The van der Waals surface area contributed by atoms with Crippen LogP contribution in [-0.2, 0) is 15.7 Å². The Labute approximate surface area is 179 Å². The minimum atomic E-state index is -4.63. The molecule has 2 heterocycles. The Balaban J connectivity index is 1.44. The minimum absolute atomic E-state index is 0.0529. The number of nitrogens with zero attached hydrogens (tertiary/aromatic N) is 4. The van der Waals surface area contributed by atoms with Gasteiger partial charge in [0, 0.05) is 24.2 Å². The number of benzene rings is 1. The molecule has 1 aromatic heterocycles. The van der Waals surface area contributed by atoms with Crippen LogP contribution in [0.1, 0.15) is 24.4 Å². The molecule has 162 valence electrons. The number of hydrogen-bond acceptors (Lipinski definition) is 6. The lowest BCUT2D eigenvalue weighted by Crippen LogP contribution is -2.38. The van der Waals surface area contributed by atoms with E-state index in [1.807, 2.05) is 4.57 Å². The molecular formula is C18H19ClF3N5O2S. The highest BCUT2D eigenvalue weighted by molar-refractivity contribution is 7.99. The van der Waals surface area contributed by atoms with E-state index in [1.54, 1.807) is 0 Å². The molecule has 7 nitrogen and oxygen atoms in total. The molecule has 4 rings (SSSR count). The van der Waals surface area contributed by atoms with E-state index in [-0.39, 0.29) is 22.5 Å². The van der Waals surface area contributed by atoms with Gasteiger partial charge < -0.3 is 15.0 Å². The zero-order valence-corrected chi connectivity index (χ0v) is 17.4. The Morgan fingerprint density at radius 2 is 2.00 bits per heavy atom. The number of halogens is 4. The molecule has 1 amide bonds. The van der Waals surface area contributed by atoms with Gasteiger partial charge >= 0.3 is 6.18 Å². The molecule has 1 aromatic carbocycles. The van der Waals surface area contributed by atoms with Gasteiger partial charge in [-0.25, -0.2) is 0 Å². The molecule has 0 radical (unpaired) electrons. The molecule has 0 unspecified atom stereocenters. The van der Waals surface area contributed by atoms with Crippen LogP contribution in [0.15, 0.2) is 23.4 Å². The summed E-state index contributed by atoms with van der Waals surface area (Å²) in [4.78, 5) is 14.4. The normalized spacial score (nSPS) is 17.3. The summed E-state index contributed by atoms with van der Waals surface area (Å²) in [7, 11) is 0. The number of amides is 1. The van der Waals surface area contributed by atoms with Crippen molar-refractivity contribution in [1.82, 2.24) is 14.8 Å². The summed E-state index contributed by atoms with van der Waals surface area (Å²) in [6.07, 6.45) is -2.61. The maximum atomic E-state index is 13.2. The highest BCUT2D eigenvalue weighted by Crippen LogP contribution is 2.41. The molecule has 1 aliphatic carbocycles. The first kappa shape index (κ1) is 21.3. The highest BCUT2D eigenvalue weighted by Gasteiger charge is 2.35. The number of nitrogens with one attached hydrogen (secondary N) is 1. The summed E-state index contributed by atoms with van der Waals surface area (Å²) in [6.45, 7) is 2.66. The third-order valence-electron chi connectivity index (χ3n) is 4.75. The Bertz CT molecular complexity index is 929. The van der Waals surface area contributed by atoms with Crippen LogP contribution in [0.2, 0.25) is 5.02 Å². The maximum absolute atomic E-state index is 13.2. The van der Waals surface area contributed by atoms with Crippen molar-refractivity contribution in [2.24, 2.45) is 0 Å². The van der Waals surface area contributed by atoms with Crippen LogP contribution in [0.25, 0.3) is 0 Å². The molecule has 1 saturated heterocycles. The molecule has 2 fully saturated rings. The second kappa shape index (κ2) is 8.64. The zero-order valence-electron chi connectivity index (χ0n) is 15.8. The number of rotatable bonds is 6. The SMILES string of the molecule is O=C(CSc1nnc(N2CCOCC2)n1C1CC1)Nc1ccc(Cl)cc1C(F)(F)F. The monoisotopic (exact) mass is 461 g/mol.